The van der Waals surface area contributed by atoms with Crippen molar-refractivity contribution in [2.45, 2.75) is 65.1 Å². The van der Waals surface area contributed by atoms with Crippen molar-refractivity contribution in [1.82, 2.24) is 4.90 Å². The van der Waals surface area contributed by atoms with Gasteiger partial charge < -0.3 is 4.74 Å². The molecule has 0 radical (unpaired) electrons. The van der Waals surface area contributed by atoms with Crippen LogP contribution in [0.15, 0.2) is 35.3 Å². The number of carbonyl (C=O) groups is 1. The summed E-state index contributed by atoms with van der Waals surface area (Å²) >= 11 is 0. The van der Waals surface area contributed by atoms with Crippen molar-refractivity contribution in [2.75, 3.05) is 13.2 Å². The Morgan fingerprint density at radius 3 is 2.58 bits per heavy atom. The van der Waals surface area contributed by atoms with Gasteiger partial charge in [-0.15, -0.1) is 0 Å². The van der Waals surface area contributed by atoms with Crippen molar-refractivity contribution in [3.05, 3.63) is 35.9 Å². The van der Waals surface area contributed by atoms with Crippen LogP contribution in [0.1, 0.15) is 59.1 Å². The van der Waals surface area contributed by atoms with E-state index in [1.165, 1.54) is 5.56 Å². The molecule has 1 heterocycles. The van der Waals surface area contributed by atoms with Crippen LogP contribution in [0.4, 0.5) is 0 Å². The largest absolute Gasteiger partial charge is 0.465 e. The second kappa shape index (κ2) is 7.93. The summed E-state index contributed by atoms with van der Waals surface area (Å²) in [5, 5.41) is 0. The highest BCUT2D eigenvalue weighted by atomic mass is 16.5. The third-order valence-electron chi connectivity index (χ3n) is 4.52. The Morgan fingerprint density at radius 2 is 2.00 bits per heavy atom. The summed E-state index contributed by atoms with van der Waals surface area (Å²) in [5.41, 5.74) is 2.26. The smallest absolute Gasteiger partial charge is 0.323 e. The van der Waals surface area contributed by atoms with Crippen LogP contribution < -0.4 is 0 Å². The number of esters is 1. The zero-order chi connectivity index (χ0) is 17.7. The molecule has 132 valence electrons. The van der Waals surface area contributed by atoms with Gasteiger partial charge in [-0.1, -0.05) is 30.3 Å². The fourth-order valence-electron chi connectivity index (χ4n) is 3.29. The standard InChI is InChI=1S/C20H30N2O2/c1-6-24-19(23)18-14-17(12-13-22(18)20(3,4)5)21-15(2)16-10-8-7-9-11-16/h7-11,15,18H,6,12-14H2,1-5H3/t15-,18?/m1/s1. The third kappa shape index (κ3) is 4.67. The highest BCUT2D eigenvalue weighted by Crippen LogP contribution is 2.27. The molecule has 0 N–H and O–H groups in total. The lowest BCUT2D eigenvalue weighted by molar-refractivity contribution is -0.152. The molecule has 1 saturated heterocycles. The van der Waals surface area contributed by atoms with Crippen molar-refractivity contribution >= 4 is 11.7 Å². The summed E-state index contributed by atoms with van der Waals surface area (Å²) in [4.78, 5) is 19.6. The van der Waals surface area contributed by atoms with E-state index in [2.05, 4.69) is 44.7 Å². The Bertz CT molecular complexity index is 575. The van der Waals surface area contributed by atoms with E-state index in [0.717, 1.165) is 18.7 Å². The number of carbonyl (C=O) groups excluding carboxylic acids is 1. The molecule has 1 fully saturated rings. The third-order valence-corrected chi connectivity index (χ3v) is 4.52. The number of hydrogen-bond donors (Lipinski definition) is 0. The molecular formula is C20H30N2O2. The van der Waals surface area contributed by atoms with E-state index in [-0.39, 0.29) is 23.6 Å². The molecule has 0 saturated carbocycles. The average Bonchev–Trinajstić information content (AvgIpc) is 2.54. The van der Waals surface area contributed by atoms with Crippen LogP contribution in [0.3, 0.4) is 0 Å². The Morgan fingerprint density at radius 1 is 1.33 bits per heavy atom. The van der Waals surface area contributed by atoms with Gasteiger partial charge in [0.2, 0.25) is 0 Å². The zero-order valence-corrected chi connectivity index (χ0v) is 15.6. The summed E-state index contributed by atoms with van der Waals surface area (Å²) in [5.74, 6) is -0.132. The quantitative estimate of drug-likeness (QED) is 0.783. The minimum Gasteiger partial charge on any atom is -0.465 e. The van der Waals surface area contributed by atoms with Crippen LogP contribution in [0.2, 0.25) is 0 Å². The van der Waals surface area contributed by atoms with Crippen molar-refractivity contribution in [3.63, 3.8) is 0 Å². The van der Waals surface area contributed by atoms with Gasteiger partial charge in [-0.3, -0.25) is 14.7 Å². The molecule has 2 atom stereocenters. The number of piperidine rings is 1. The zero-order valence-electron chi connectivity index (χ0n) is 15.6. The molecular weight excluding hydrogens is 300 g/mol. The molecule has 0 aromatic heterocycles. The number of ether oxygens (including phenoxy) is 1. The maximum absolute atomic E-state index is 12.4. The fourth-order valence-corrected chi connectivity index (χ4v) is 3.29. The second-order valence-electron chi connectivity index (χ2n) is 7.37. The second-order valence-corrected chi connectivity index (χ2v) is 7.37. The van der Waals surface area contributed by atoms with Gasteiger partial charge in [0.05, 0.1) is 12.6 Å². The lowest BCUT2D eigenvalue weighted by Gasteiger charge is -2.43. The van der Waals surface area contributed by atoms with Gasteiger partial charge in [0.1, 0.15) is 6.04 Å². The molecule has 1 aliphatic heterocycles. The molecule has 4 nitrogen and oxygen atoms in total. The van der Waals surface area contributed by atoms with Crippen LogP contribution in [-0.2, 0) is 9.53 Å². The van der Waals surface area contributed by atoms with Gasteiger partial charge in [-0.2, -0.15) is 0 Å². The van der Waals surface area contributed by atoms with Gasteiger partial charge in [0, 0.05) is 24.2 Å². The molecule has 1 aromatic carbocycles. The highest BCUT2D eigenvalue weighted by molar-refractivity contribution is 5.91. The highest BCUT2D eigenvalue weighted by Gasteiger charge is 2.38. The Kier molecular flexibility index (Phi) is 6.16. The summed E-state index contributed by atoms with van der Waals surface area (Å²) in [7, 11) is 0. The van der Waals surface area contributed by atoms with Gasteiger partial charge >= 0.3 is 5.97 Å². The number of rotatable bonds is 4. The first-order valence-electron chi connectivity index (χ1n) is 8.86. The van der Waals surface area contributed by atoms with E-state index < -0.39 is 0 Å². The number of benzene rings is 1. The number of aliphatic imine (C=N–C) groups is 1. The monoisotopic (exact) mass is 330 g/mol. The molecule has 1 unspecified atom stereocenters. The molecule has 0 spiro atoms. The van der Waals surface area contributed by atoms with Crippen LogP contribution in [0, 0.1) is 0 Å². The average molecular weight is 330 g/mol. The van der Waals surface area contributed by atoms with E-state index in [4.69, 9.17) is 9.73 Å². The summed E-state index contributed by atoms with van der Waals surface area (Å²) in [6.45, 7) is 11.7. The topological polar surface area (TPSA) is 41.9 Å². The number of hydrogen-bond acceptors (Lipinski definition) is 4. The fraction of sp³-hybridized carbons (Fsp3) is 0.600. The Hall–Kier alpha value is -1.68. The Balaban J connectivity index is 2.17. The summed E-state index contributed by atoms with van der Waals surface area (Å²) < 4.78 is 5.31. The van der Waals surface area contributed by atoms with E-state index >= 15 is 0 Å². The summed E-state index contributed by atoms with van der Waals surface area (Å²) in [6.07, 6.45) is 1.57. The minimum absolute atomic E-state index is 0.0615. The molecule has 0 bridgehead atoms. The van der Waals surface area contributed by atoms with Crippen LogP contribution in [0.5, 0.6) is 0 Å². The lowest BCUT2D eigenvalue weighted by Crippen LogP contribution is -2.56. The van der Waals surface area contributed by atoms with Crippen molar-refractivity contribution in [3.8, 4) is 0 Å². The molecule has 4 heteroatoms. The molecule has 0 amide bonds. The first-order chi connectivity index (χ1) is 11.3. The first kappa shape index (κ1) is 18.7. The van der Waals surface area contributed by atoms with Crippen molar-refractivity contribution < 1.29 is 9.53 Å². The maximum atomic E-state index is 12.4. The van der Waals surface area contributed by atoms with E-state index in [0.29, 0.717) is 13.0 Å². The minimum atomic E-state index is -0.236. The van der Waals surface area contributed by atoms with Crippen LogP contribution in [0.25, 0.3) is 0 Å². The molecule has 1 aliphatic rings. The van der Waals surface area contributed by atoms with Gasteiger partial charge in [-0.25, -0.2) is 0 Å². The van der Waals surface area contributed by atoms with E-state index in [9.17, 15) is 4.79 Å². The predicted octanol–water partition coefficient (Wildman–Crippen LogP) is 4.01. The normalized spacial score (nSPS) is 22.4. The van der Waals surface area contributed by atoms with Crippen LogP contribution in [-0.4, -0.2) is 41.3 Å². The first-order valence-corrected chi connectivity index (χ1v) is 8.86. The molecule has 24 heavy (non-hydrogen) atoms. The predicted molar refractivity (Wildman–Crippen MR) is 98.4 cm³/mol. The molecule has 1 aromatic rings. The van der Waals surface area contributed by atoms with Gasteiger partial charge in [0.15, 0.2) is 0 Å². The Labute approximate surface area is 145 Å². The summed E-state index contributed by atoms with van der Waals surface area (Å²) in [6, 6.07) is 10.2. The number of nitrogens with zero attached hydrogens (tertiary/aromatic N) is 2. The molecule has 2 rings (SSSR count). The van der Waals surface area contributed by atoms with Crippen LogP contribution >= 0.6 is 0 Å². The van der Waals surface area contributed by atoms with Gasteiger partial charge in [-0.05, 0) is 46.6 Å². The van der Waals surface area contributed by atoms with Gasteiger partial charge in [0.25, 0.3) is 0 Å². The van der Waals surface area contributed by atoms with Crippen molar-refractivity contribution in [1.29, 1.82) is 0 Å². The lowest BCUT2D eigenvalue weighted by atomic mass is 9.93. The van der Waals surface area contributed by atoms with Crippen molar-refractivity contribution in [2.24, 2.45) is 4.99 Å². The SMILES string of the molecule is CCOC(=O)C1CC(=N[C@H](C)c2ccccc2)CCN1C(C)(C)C. The number of likely N-dealkylation sites (tertiary alicyclic amines) is 1. The van der Waals surface area contributed by atoms with E-state index in [1.54, 1.807) is 0 Å². The molecule has 0 aliphatic carbocycles. The van der Waals surface area contributed by atoms with E-state index in [1.807, 2.05) is 25.1 Å². The maximum Gasteiger partial charge on any atom is 0.323 e.